The van der Waals surface area contributed by atoms with Crippen LogP contribution in [0.25, 0.3) is 0 Å². The lowest BCUT2D eigenvalue weighted by Gasteiger charge is -2.46. The van der Waals surface area contributed by atoms with Crippen molar-refractivity contribution in [2.45, 2.75) is 44.6 Å². The van der Waals surface area contributed by atoms with Gasteiger partial charge in [-0.3, -0.25) is 9.78 Å². The summed E-state index contributed by atoms with van der Waals surface area (Å²) in [6.07, 6.45) is 8.15. The highest BCUT2D eigenvalue weighted by Gasteiger charge is 2.51. The number of halogens is 2. The number of amides is 1. The average Bonchev–Trinajstić information content (AvgIpc) is 2.40. The van der Waals surface area contributed by atoms with Crippen LogP contribution in [0.4, 0.5) is 0 Å². The van der Waals surface area contributed by atoms with E-state index < -0.39 is 11.0 Å². The summed E-state index contributed by atoms with van der Waals surface area (Å²) in [6.45, 7) is 1.92. The molecule has 0 aromatic carbocycles. The minimum Gasteiger partial charge on any atom is -0.369 e. The van der Waals surface area contributed by atoms with Crippen molar-refractivity contribution in [1.29, 1.82) is 0 Å². The van der Waals surface area contributed by atoms with Crippen molar-refractivity contribution in [3.05, 3.63) is 30.1 Å². The van der Waals surface area contributed by atoms with Crippen LogP contribution in [0.1, 0.15) is 44.6 Å². The van der Waals surface area contributed by atoms with E-state index in [1.54, 1.807) is 12.4 Å². The summed E-state index contributed by atoms with van der Waals surface area (Å²) < 4.78 is 0. The van der Waals surface area contributed by atoms with Gasteiger partial charge in [-0.2, -0.15) is 0 Å². The maximum Gasteiger partial charge on any atom is 0.225 e. The average molecular weight is 320 g/mol. The van der Waals surface area contributed by atoms with Gasteiger partial charge in [-0.05, 0) is 37.5 Å². The Labute approximate surface area is 132 Å². The highest BCUT2D eigenvalue weighted by molar-refractivity contribution is 5.85. The van der Waals surface area contributed by atoms with Crippen LogP contribution in [0.3, 0.4) is 0 Å². The number of aromatic nitrogens is 1. The Balaban J connectivity index is 0.00000180. The number of carbonyl (C=O) groups is 1. The van der Waals surface area contributed by atoms with Crippen LogP contribution in [-0.4, -0.2) is 10.9 Å². The molecule has 4 N–H and O–H groups in total. The fourth-order valence-electron chi connectivity index (χ4n) is 3.15. The van der Waals surface area contributed by atoms with Gasteiger partial charge in [0.1, 0.15) is 0 Å². The van der Waals surface area contributed by atoms with Crippen molar-refractivity contribution in [2.24, 2.45) is 16.9 Å². The molecular weight excluding hydrogens is 297 g/mol. The molecule has 1 unspecified atom stereocenters. The Hall–Kier alpha value is -0.840. The molecule has 114 valence electrons. The predicted octanol–water partition coefficient (Wildman–Crippen LogP) is 2.53. The molecule has 4 nitrogen and oxygen atoms in total. The molecule has 1 aromatic rings. The molecule has 2 rings (SSSR count). The van der Waals surface area contributed by atoms with Crippen molar-refractivity contribution in [3.63, 3.8) is 0 Å². The first-order valence-electron chi connectivity index (χ1n) is 6.50. The van der Waals surface area contributed by atoms with Crippen LogP contribution < -0.4 is 11.5 Å². The molecule has 1 heterocycles. The molecule has 0 saturated heterocycles. The van der Waals surface area contributed by atoms with Crippen LogP contribution in [-0.2, 0) is 10.3 Å². The van der Waals surface area contributed by atoms with Gasteiger partial charge in [-0.15, -0.1) is 24.8 Å². The number of rotatable bonds is 3. The van der Waals surface area contributed by atoms with Crippen LogP contribution in [0, 0.1) is 5.41 Å². The number of nitrogens with two attached hydrogens (primary N) is 2. The molecule has 0 bridgehead atoms. The second-order valence-corrected chi connectivity index (χ2v) is 5.45. The summed E-state index contributed by atoms with van der Waals surface area (Å²) in [7, 11) is 0. The van der Waals surface area contributed by atoms with Gasteiger partial charge in [-0.1, -0.05) is 19.3 Å². The van der Waals surface area contributed by atoms with Crippen molar-refractivity contribution in [3.8, 4) is 0 Å². The molecule has 1 aliphatic rings. The van der Waals surface area contributed by atoms with E-state index in [1.807, 2.05) is 19.1 Å². The number of pyridine rings is 1. The standard InChI is InChI=1S/C14H21N3O.2ClH/c1-13(16,11-5-9-17-10-6-11)14(12(15)18)7-3-2-4-8-14;;/h5-6,9-10H,2-4,7-8,16H2,1H3,(H2,15,18);2*1H. The molecule has 1 aliphatic carbocycles. The zero-order valence-corrected chi connectivity index (χ0v) is 13.3. The number of hydrogen-bond acceptors (Lipinski definition) is 3. The fraction of sp³-hybridized carbons (Fsp3) is 0.571. The first-order chi connectivity index (χ1) is 8.51. The van der Waals surface area contributed by atoms with Gasteiger partial charge in [0.05, 0.1) is 11.0 Å². The van der Waals surface area contributed by atoms with Crippen molar-refractivity contribution in [2.75, 3.05) is 0 Å². The summed E-state index contributed by atoms with van der Waals surface area (Å²) in [5.74, 6) is -0.274. The second-order valence-electron chi connectivity index (χ2n) is 5.45. The number of hydrogen-bond donors (Lipinski definition) is 2. The summed E-state index contributed by atoms with van der Waals surface area (Å²) in [5.41, 5.74) is 11.8. The Morgan fingerprint density at radius 1 is 1.20 bits per heavy atom. The van der Waals surface area contributed by atoms with E-state index in [4.69, 9.17) is 11.5 Å². The Bertz CT molecular complexity index is 431. The summed E-state index contributed by atoms with van der Waals surface area (Å²) in [5, 5.41) is 0. The third-order valence-electron chi connectivity index (χ3n) is 4.45. The molecule has 0 radical (unpaired) electrons. The second kappa shape index (κ2) is 7.25. The number of carbonyl (C=O) groups excluding carboxylic acids is 1. The predicted molar refractivity (Wildman–Crippen MR) is 85.0 cm³/mol. The molecule has 1 fully saturated rings. The van der Waals surface area contributed by atoms with E-state index in [0.717, 1.165) is 37.7 Å². The molecule has 1 amide bonds. The van der Waals surface area contributed by atoms with E-state index in [0.29, 0.717) is 0 Å². The van der Waals surface area contributed by atoms with Gasteiger partial charge in [-0.25, -0.2) is 0 Å². The van der Waals surface area contributed by atoms with Crippen LogP contribution >= 0.6 is 24.8 Å². The first-order valence-corrected chi connectivity index (χ1v) is 6.50. The topological polar surface area (TPSA) is 82.0 Å². The molecule has 1 atom stereocenters. The lowest BCUT2D eigenvalue weighted by atomic mass is 9.60. The van der Waals surface area contributed by atoms with Gasteiger partial charge in [0, 0.05) is 12.4 Å². The van der Waals surface area contributed by atoms with Crippen LogP contribution in [0.5, 0.6) is 0 Å². The van der Waals surface area contributed by atoms with Gasteiger partial charge < -0.3 is 11.5 Å². The maximum atomic E-state index is 12.0. The largest absolute Gasteiger partial charge is 0.369 e. The minimum absolute atomic E-state index is 0. The van der Waals surface area contributed by atoms with Crippen LogP contribution in [0.15, 0.2) is 24.5 Å². The lowest BCUT2D eigenvalue weighted by molar-refractivity contribution is -0.134. The molecule has 0 aliphatic heterocycles. The first kappa shape index (κ1) is 19.2. The SMILES string of the molecule is CC(N)(c1ccncc1)C1(C(N)=O)CCCCC1.Cl.Cl. The normalized spacial score (nSPS) is 19.9. The van der Waals surface area contributed by atoms with E-state index in [2.05, 4.69) is 4.98 Å². The van der Waals surface area contributed by atoms with Gasteiger partial charge in [0.15, 0.2) is 0 Å². The van der Waals surface area contributed by atoms with E-state index in [-0.39, 0.29) is 30.7 Å². The molecule has 0 spiro atoms. The lowest BCUT2D eigenvalue weighted by Crippen LogP contribution is -2.58. The molecule has 6 heteroatoms. The molecule has 20 heavy (non-hydrogen) atoms. The third kappa shape index (κ3) is 3.08. The Morgan fingerprint density at radius 2 is 1.70 bits per heavy atom. The zero-order chi connectivity index (χ0) is 13.2. The summed E-state index contributed by atoms with van der Waals surface area (Å²) in [6, 6.07) is 3.75. The summed E-state index contributed by atoms with van der Waals surface area (Å²) in [4.78, 5) is 16.0. The van der Waals surface area contributed by atoms with Gasteiger partial charge in [0.2, 0.25) is 5.91 Å². The number of nitrogens with zero attached hydrogens (tertiary/aromatic N) is 1. The van der Waals surface area contributed by atoms with E-state index in [9.17, 15) is 4.79 Å². The quantitative estimate of drug-likeness (QED) is 0.898. The number of primary amides is 1. The van der Waals surface area contributed by atoms with E-state index >= 15 is 0 Å². The van der Waals surface area contributed by atoms with Crippen molar-refractivity contribution >= 4 is 30.7 Å². The minimum atomic E-state index is -0.734. The molecule has 1 aromatic heterocycles. The van der Waals surface area contributed by atoms with Crippen molar-refractivity contribution < 1.29 is 4.79 Å². The summed E-state index contributed by atoms with van der Waals surface area (Å²) >= 11 is 0. The highest BCUT2D eigenvalue weighted by atomic mass is 35.5. The fourth-order valence-corrected chi connectivity index (χ4v) is 3.15. The Morgan fingerprint density at radius 3 is 2.15 bits per heavy atom. The third-order valence-corrected chi connectivity index (χ3v) is 4.45. The smallest absolute Gasteiger partial charge is 0.225 e. The van der Waals surface area contributed by atoms with Crippen LogP contribution in [0.2, 0.25) is 0 Å². The molecule has 1 saturated carbocycles. The zero-order valence-electron chi connectivity index (χ0n) is 11.7. The maximum absolute atomic E-state index is 12.0. The van der Waals surface area contributed by atoms with Gasteiger partial charge in [0.25, 0.3) is 0 Å². The highest BCUT2D eigenvalue weighted by Crippen LogP contribution is 2.48. The molecular formula is C14H23Cl2N3O. The van der Waals surface area contributed by atoms with Gasteiger partial charge >= 0.3 is 0 Å². The van der Waals surface area contributed by atoms with Crippen molar-refractivity contribution in [1.82, 2.24) is 4.98 Å². The van der Waals surface area contributed by atoms with E-state index in [1.165, 1.54) is 0 Å². The monoisotopic (exact) mass is 319 g/mol. The Kier molecular flexibility index (Phi) is 6.94.